The zero-order chi connectivity index (χ0) is 11.0. The Morgan fingerprint density at radius 2 is 2.00 bits per heavy atom. The molecule has 1 aromatic carbocycles. The fraction of sp³-hybridized carbons (Fsp3) is 0.0909. The van der Waals surface area contributed by atoms with Gasteiger partial charge in [0.05, 0.1) is 5.52 Å². The lowest BCUT2D eigenvalue weighted by atomic mass is 10.1. The van der Waals surface area contributed by atoms with Gasteiger partial charge in [-0.05, 0) is 24.6 Å². The monoisotopic (exact) mass is 265 g/mol. The molecular formula is C11H8BrNO2. The Bertz CT molecular complexity index is 552. The van der Waals surface area contributed by atoms with Crippen molar-refractivity contribution >= 4 is 32.8 Å². The Labute approximate surface area is 94.9 Å². The van der Waals surface area contributed by atoms with Crippen LogP contribution in [0.15, 0.2) is 28.7 Å². The first-order chi connectivity index (χ1) is 7.09. The van der Waals surface area contributed by atoms with Crippen LogP contribution in [0.4, 0.5) is 0 Å². The first-order valence-electron chi connectivity index (χ1n) is 4.39. The maximum absolute atomic E-state index is 10.8. The lowest BCUT2D eigenvalue weighted by molar-refractivity contribution is 0.0691. The molecule has 1 N–H and O–H groups in total. The van der Waals surface area contributed by atoms with Crippen LogP contribution in [0.5, 0.6) is 0 Å². The summed E-state index contributed by atoms with van der Waals surface area (Å²) in [5.74, 6) is -1.00. The number of halogens is 1. The summed E-state index contributed by atoms with van der Waals surface area (Å²) in [6.45, 7) is 1.91. The summed E-state index contributed by atoms with van der Waals surface area (Å²) < 4.78 is 0.935. The molecule has 0 spiro atoms. The van der Waals surface area contributed by atoms with Crippen molar-refractivity contribution < 1.29 is 9.90 Å². The minimum atomic E-state index is -1.00. The van der Waals surface area contributed by atoms with Crippen molar-refractivity contribution in [2.24, 2.45) is 0 Å². The van der Waals surface area contributed by atoms with Gasteiger partial charge in [0.15, 0.2) is 0 Å². The largest absolute Gasteiger partial charge is 0.477 e. The summed E-state index contributed by atoms with van der Waals surface area (Å²) in [7, 11) is 0. The highest BCUT2D eigenvalue weighted by molar-refractivity contribution is 9.10. The number of aryl methyl sites for hydroxylation is 1. The summed E-state index contributed by atoms with van der Waals surface area (Å²) in [6, 6.07) is 7.12. The zero-order valence-electron chi connectivity index (χ0n) is 7.99. The van der Waals surface area contributed by atoms with E-state index >= 15 is 0 Å². The van der Waals surface area contributed by atoms with E-state index in [0.29, 0.717) is 0 Å². The minimum Gasteiger partial charge on any atom is -0.477 e. The van der Waals surface area contributed by atoms with Crippen LogP contribution in [-0.4, -0.2) is 16.1 Å². The summed E-state index contributed by atoms with van der Waals surface area (Å²) in [5, 5.41) is 9.78. The molecular weight excluding hydrogens is 258 g/mol. The van der Waals surface area contributed by atoms with Crippen molar-refractivity contribution in [1.29, 1.82) is 0 Å². The van der Waals surface area contributed by atoms with Crippen LogP contribution in [0.25, 0.3) is 10.9 Å². The maximum Gasteiger partial charge on any atom is 0.354 e. The molecule has 0 fully saturated rings. The molecule has 2 aromatic rings. The van der Waals surface area contributed by atoms with E-state index in [1.54, 1.807) is 6.07 Å². The normalized spacial score (nSPS) is 10.5. The molecule has 0 radical (unpaired) electrons. The second-order valence-electron chi connectivity index (χ2n) is 3.25. The molecule has 0 atom stereocenters. The Morgan fingerprint density at radius 3 is 2.67 bits per heavy atom. The molecule has 0 saturated heterocycles. The van der Waals surface area contributed by atoms with Gasteiger partial charge in [0.2, 0.25) is 0 Å². The van der Waals surface area contributed by atoms with Crippen molar-refractivity contribution in [2.75, 3.05) is 0 Å². The molecule has 2 rings (SSSR count). The van der Waals surface area contributed by atoms with Crippen LogP contribution in [0, 0.1) is 6.92 Å². The Hall–Kier alpha value is -1.42. The van der Waals surface area contributed by atoms with E-state index in [1.165, 1.54) is 6.07 Å². The van der Waals surface area contributed by atoms with Gasteiger partial charge in [-0.1, -0.05) is 28.1 Å². The van der Waals surface area contributed by atoms with E-state index in [9.17, 15) is 4.79 Å². The number of hydrogen-bond donors (Lipinski definition) is 1. The van der Waals surface area contributed by atoms with Gasteiger partial charge in [-0.25, -0.2) is 9.78 Å². The van der Waals surface area contributed by atoms with Gasteiger partial charge in [-0.3, -0.25) is 0 Å². The SMILES string of the molecule is Cc1c(Br)ccc2ccc(C(=O)O)nc12. The van der Waals surface area contributed by atoms with Crippen LogP contribution in [0.1, 0.15) is 16.1 Å². The number of nitrogens with zero attached hydrogens (tertiary/aromatic N) is 1. The molecule has 0 saturated carbocycles. The van der Waals surface area contributed by atoms with Gasteiger partial charge >= 0.3 is 5.97 Å². The standard InChI is InChI=1S/C11H8BrNO2/c1-6-8(12)4-2-7-3-5-9(11(14)15)13-10(6)7/h2-5H,1H3,(H,14,15). The van der Waals surface area contributed by atoms with Crippen LogP contribution in [0.2, 0.25) is 0 Å². The van der Waals surface area contributed by atoms with Crippen molar-refractivity contribution in [2.45, 2.75) is 6.92 Å². The quantitative estimate of drug-likeness (QED) is 0.863. The highest BCUT2D eigenvalue weighted by atomic mass is 79.9. The van der Waals surface area contributed by atoms with Gasteiger partial charge < -0.3 is 5.11 Å². The smallest absolute Gasteiger partial charge is 0.354 e. The van der Waals surface area contributed by atoms with Gasteiger partial charge in [0, 0.05) is 9.86 Å². The maximum atomic E-state index is 10.8. The number of aromatic nitrogens is 1. The van der Waals surface area contributed by atoms with E-state index < -0.39 is 5.97 Å². The topological polar surface area (TPSA) is 50.2 Å². The number of pyridine rings is 1. The lowest BCUT2D eigenvalue weighted by Crippen LogP contribution is -2.00. The van der Waals surface area contributed by atoms with Gasteiger partial charge in [-0.15, -0.1) is 0 Å². The van der Waals surface area contributed by atoms with Gasteiger partial charge in [-0.2, -0.15) is 0 Å². The van der Waals surface area contributed by atoms with Crippen molar-refractivity contribution in [3.05, 3.63) is 40.0 Å². The first-order valence-corrected chi connectivity index (χ1v) is 5.18. The molecule has 0 aliphatic carbocycles. The fourth-order valence-corrected chi connectivity index (χ4v) is 1.74. The Kier molecular flexibility index (Phi) is 2.44. The molecule has 1 aromatic heterocycles. The summed E-state index contributed by atoms with van der Waals surface area (Å²) in [6.07, 6.45) is 0. The molecule has 0 aliphatic rings. The summed E-state index contributed by atoms with van der Waals surface area (Å²) in [5.41, 5.74) is 1.75. The molecule has 0 unspecified atom stereocenters. The number of carbonyl (C=O) groups is 1. The highest BCUT2D eigenvalue weighted by Crippen LogP contribution is 2.24. The van der Waals surface area contributed by atoms with Crippen molar-refractivity contribution in [3.8, 4) is 0 Å². The minimum absolute atomic E-state index is 0.0729. The number of rotatable bonds is 1. The molecule has 1 heterocycles. The van der Waals surface area contributed by atoms with Crippen molar-refractivity contribution in [3.63, 3.8) is 0 Å². The predicted molar refractivity (Wildman–Crippen MR) is 61.1 cm³/mol. The Balaban J connectivity index is 2.79. The zero-order valence-corrected chi connectivity index (χ0v) is 9.58. The molecule has 15 heavy (non-hydrogen) atoms. The predicted octanol–water partition coefficient (Wildman–Crippen LogP) is 3.00. The third-order valence-corrected chi connectivity index (χ3v) is 3.13. The molecule has 0 amide bonds. The van der Waals surface area contributed by atoms with Crippen molar-refractivity contribution in [1.82, 2.24) is 4.98 Å². The third kappa shape index (κ3) is 1.72. The van der Waals surface area contributed by atoms with E-state index in [4.69, 9.17) is 5.11 Å². The molecule has 0 bridgehead atoms. The number of benzene rings is 1. The van der Waals surface area contributed by atoms with Crippen LogP contribution in [0.3, 0.4) is 0 Å². The van der Waals surface area contributed by atoms with Gasteiger partial charge in [0.1, 0.15) is 5.69 Å². The first kappa shape index (κ1) is 10.1. The van der Waals surface area contributed by atoms with Crippen LogP contribution >= 0.6 is 15.9 Å². The number of fused-ring (bicyclic) bond motifs is 1. The molecule has 76 valence electrons. The number of hydrogen-bond acceptors (Lipinski definition) is 2. The van der Waals surface area contributed by atoms with Crippen LogP contribution in [-0.2, 0) is 0 Å². The van der Waals surface area contributed by atoms with Gasteiger partial charge in [0.25, 0.3) is 0 Å². The second kappa shape index (κ2) is 3.62. The summed E-state index contributed by atoms with van der Waals surface area (Å²) in [4.78, 5) is 14.9. The number of carboxylic acid groups (broad SMARTS) is 1. The fourth-order valence-electron chi connectivity index (χ4n) is 1.42. The highest BCUT2D eigenvalue weighted by Gasteiger charge is 2.08. The van der Waals surface area contributed by atoms with E-state index in [-0.39, 0.29) is 5.69 Å². The second-order valence-corrected chi connectivity index (χ2v) is 4.10. The lowest BCUT2D eigenvalue weighted by Gasteiger charge is -2.04. The average molecular weight is 266 g/mol. The molecule has 3 nitrogen and oxygen atoms in total. The third-order valence-electron chi connectivity index (χ3n) is 2.27. The molecule has 0 aliphatic heterocycles. The Morgan fingerprint density at radius 1 is 1.33 bits per heavy atom. The van der Waals surface area contributed by atoms with E-state index in [2.05, 4.69) is 20.9 Å². The number of carboxylic acids is 1. The molecule has 4 heteroatoms. The van der Waals surface area contributed by atoms with Crippen LogP contribution < -0.4 is 0 Å². The number of aromatic carboxylic acids is 1. The van der Waals surface area contributed by atoms with E-state index in [0.717, 1.165) is 20.9 Å². The summed E-state index contributed by atoms with van der Waals surface area (Å²) >= 11 is 3.39. The average Bonchev–Trinajstić information content (AvgIpc) is 2.23. The van der Waals surface area contributed by atoms with E-state index in [1.807, 2.05) is 19.1 Å².